The lowest BCUT2D eigenvalue weighted by Crippen LogP contribution is -2.19. The van der Waals surface area contributed by atoms with Gasteiger partial charge in [0.25, 0.3) is 16.7 Å². The third-order valence-electron chi connectivity index (χ3n) is 27.4. The molecule has 18 aromatic carbocycles. The van der Waals surface area contributed by atoms with Crippen LogP contribution in [0.15, 0.2) is 433 Å². The van der Waals surface area contributed by atoms with Gasteiger partial charge in [0.15, 0.2) is 0 Å². The zero-order valence-corrected chi connectivity index (χ0v) is 74.3. The number of rotatable bonds is 6. The lowest BCUT2D eigenvalue weighted by Gasteiger charge is -2.15. The van der Waals surface area contributed by atoms with E-state index in [4.69, 9.17) is 15.0 Å². The van der Waals surface area contributed by atoms with Crippen LogP contribution < -0.4 is 16.7 Å². The van der Waals surface area contributed by atoms with Gasteiger partial charge in [-0.3, -0.25) is 41.8 Å². The Bertz CT molecular complexity index is 10600. The molecule has 0 spiro atoms. The number of pyridine rings is 6. The molecule has 0 N–H and O–H groups in total. The summed E-state index contributed by atoms with van der Waals surface area (Å²) >= 11 is 5.51. The third-order valence-corrected chi connectivity index (χ3v) is 30.9. The topological polar surface area (TPSA) is 119 Å². The summed E-state index contributed by atoms with van der Waals surface area (Å²) in [5.41, 5.74) is 13.0. The van der Waals surface area contributed by atoms with Crippen molar-refractivity contribution in [3.63, 3.8) is 0 Å². The molecule has 12 heterocycles. The number of para-hydroxylation sites is 7. The van der Waals surface area contributed by atoms with Gasteiger partial charge >= 0.3 is 0 Å². The van der Waals surface area contributed by atoms with E-state index in [1.807, 2.05) is 215 Å². The third kappa shape index (κ3) is 11.2. The molecule has 0 amide bonds. The van der Waals surface area contributed by atoms with Crippen molar-refractivity contribution in [2.24, 2.45) is 0 Å². The van der Waals surface area contributed by atoms with Crippen LogP contribution in [-0.4, -0.2) is 42.4 Å². The summed E-state index contributed by atoms with van der Waals surface area (Å²) in [6.07, 6.45) is 1.94. The highest BCUT2D eigenvalue weighted by atomic mass is 32.1. The number of benzene rings is 18. The summed E-state index contributed by atoms with van der Waals surface area (Å²) in [4.78, 5) is 58.0. The van der Waals surface area contributed by atoms with Crippen molar-refractivity contribution in [2.75, 3.05) is 0 Å². The van der Waals surface area contributed by atoms with Crippen LogP contribution in [0.4, 0.5) is 0 Å². The second-order valence-electron chi connectivity index (χ2n) is 34.5. The van der Waals surface area contributed by atoms with E-state index in [9.17, 15) is 14.4 Å². The van der Waals surface area contributed by atoms with Crippen LogP contribution in [0.3, 0.4) is 0 Å². The average molecular weight is 1780 g/mol. The molecule has 0 saturated heterocycles. The number of nitrogens with zero attached hydrogens (tertiary/aromatic N) is 9. The van der Waals surface area contributed by atoms with E-state index in [2.05, 4.69) is 256 Å². The minimum Gasteiger partial charge on any atom is -0.292 e. The van der Waals surface area contributed by atoms with Crippen LogP contribution in [-0.2, 0) is 0 Å². The van der Waals surface area contributed by atoms with Crippen molar-refractivity contribution in [1.29, 1.82) is 0 Å². The molecule has 0 aliphatic heterocycles. The monoisotopic (exact) mass is 1780 g/mol. The highest BCUT2D eigenvalue weighted by molar-refractivity contribution is 7.28. The maximum atomic E-state index is 14.1. The molecule has 0 aliphatic rings. The molecular formula is C120H69N9O3S3. The Hall–Kier alpha value is -17.3. The minimum atomic E-state index is -0.0749. The van der Waals surface area contributed by atoms with Gasteiger partial charge in [0.05, 0.1) is 80.2 Å². The normalized spacial score (nSPS) is 12.1. The van der Waals surface area contributed by atoms with Crippen LogP contribution in [0.5, 0.6) is 0 Å². The van der Waals surface area contributed by atoms with E-state index in [0.717, 1.165) is 106 Å². The summed E-state index contributed by atoms with van der Waals surface area (Å²) in [5, 5.41) is 28.0. The smallest absolute Gasteiger partial charge is 0.265 e. The maximum absolute atomic E-state index is 14.1. The van der Waals surface area contributed by atoms with E-state index in [0.29, 0.717) is 21.7 Å². The van der Waals surface area contributed by atoms with E-state index in [-0.39, 0.29) is 16.7 Å². The van der Waals surface area contributed by atoms with Gasteiger partial charge in [-0.25, -0.2) is 15.0 Å². The Balaban J connectivity index is 0.000000101. The second kappa shape index (κ2) is 29.8. The fraction of sp³-hybridized carbons (Fsp3) is 0. The van der Waals surface area contributed by atoms with Crippen molar-refractivity contribution in [3.05, 3.63) is 450 Å². The van der Waals surface area contributed by atoms with E-state index in [1.54, 1.807) is 9.13 Å². The molecule has 0 fully saturated rings. The van der Waals surface area contributed by atoms with Gasteiger partial charge in [0.1, 0.15) is 17.5 Å². The van der Waals surface area contributed by atoms with E-state index < -0.39 is 0 Å². The standard InChI is InChI=1S/3C40H23N3OS/c44-40-28-17-7-4-14-25(28)31-23-41-35(22-33(31)42(40)24-12-2-1-3-13-24)43-32-20-10-8-18-29(32)36-26-15-5-6-16-27(26)37-30-19-9-11-21-34(30)45-39(37)38(36)43;44-40-30-22-23-34(41-37(30)28-17-7-10-20-32(28)42(40)24-12-2-1-3-13-24)43-31-19-9-6-16-27(31)35-25-14-4-5-15-26(25)36-29-18-8-11-21-33(29)45-39(36)38(35)43;44-40-28-17-7-6-16-27(28)37-32(42(40)24-12-2-1-3-13-24)22-23-34(41-37)43-31-20-10-8-18-29(31)35-25-14-4-5-15-26(25)36-30-19-9-11-21-33(30)45-39(36)38(35)43/h3*1-23H. The van der Waals surface area contributed by atoms with Crippen molar-refractivity contribution in [2.45, 2.75) is 0 Å². The minimum absolute atomic E-state index is 0.0402. The van der Waals surface area contributed by atoms with Gasteiger partial charge < -0.3 is 0 Å². The number of aromatic nitrogens is 9. The quantitative estimate of drug-likeness (QED) is 0.153. The first-order valence-corrected chi connectivity index (χ1v) is 47.5. The van der Waals surface area contributed by atoms with Gasteiger partial charge in [-0.15, -0.1) is 34.0 Å². The fourth-order valence-electron chi connectivity index (χ4n) is 21.8. The summed E-state index contributed by atoms with van der Waals surface area (Å²) < 4.78 is 19.9. The van der Waals surface area contributed by atoms with Crippen LogP contribution in [0, 0.1) is 0 Å². The van der Waals surface area contributed by atoms with Gasteiger partial charge in [0.2, 0.25) is 0 Å². The molecule has 0 bridgehead atoms. The molecule has 30 rings (SSSR count). The molecule has 15 heteroatoms. The molecule has 0 atom stereocenters. The number of thiophene rings is 3. The van der Waals surface area contributed by atoms with Gasteiger partial charge in [0, 0.05) is 135 Å². The van der Waals surface area contributed by atoms with Crippen molar-refractivity contribution in [1.82, 2.24) is 42.4 Å². The first-order valence-electron chi connectivity index (χ1n) is 45.1. The van der Waals surface area contributed by atoms with Gasteiger partial charge in [-0.05, 0) is 153 Å². The molecule has 135 heavy (non-hydrogen) atoms. The predicted octanol–water partition coefficient (Wildman–Crippen LogP) is 30.5. The van der Waals surface area contributed by atoms with E-state index in [1.165, 1.54) is 131 Å². The van der Waals surface area contributed by atoms with Crippen molar-refractivity contribution in [3.8, 4) is 34.5 Å². The van der Waals surface area contributed by atoms with Crippen LogP contribution in [0.1, 0.15) is 0 Å². The molecule has 12 aromatic heterocycles. The van der Waals surface area contributed by atoms with Crippen LogP contribution in [0.2, 0.25) is 0 Å². The summed E-state index contributed by atoms with van der Waals surface area (Å²) in [6, 6.07) is 142. The second-order valence-corrected chi connectivity index (χ2v) is 37.6. The summed E-state index contributed by atoms with van der Waals surface area (Å²) in [7, 11) is 0. The molecule has 30 aromatic rings. The zero-order chi connectivity index (χ0) is 88.9. The fourth-order valence-corrected chi connectivity index (χ4v) is 25.6. The largest absolute Gasteiger partial charge is 0.292 e. The Kier molecular flexibility index (Phi) is 16.9. The Morgan fingerprint density at radius 1 is 0.185 bits per heavy atom. The van der Waals surface area contributed by atoms with Gasteiger partial charge in [-0.2, -0.15) is 0 Å². The van der Waals surface area contributed by atoms with Gasteiger partial charge in [-0.1, -0.05) is 291 Å². The molecule has 630 valence electrons. The lowest BCUT2D eigenvalue weighted by molar-refractivity contribution is 1.04. The Morgan fingerprint density at radius 2 is 0.474 bits per heavy atom. The number of hydrogen-bond donors (Lipinski definition) is 0. The Labute approximate surface area is 778 Å². The molecule has 0 aliphatic carbocycles. The van der Waals surface area contributed by atoms with Crippen LogP contribution >= 0.6 is 34.0 Å². The highest BCUT2D eigenvalue weighted by Crippen LogP contribution is 2.53. The van der Waals surface area contributed by atoms with Crippen molar-refractivity contribution >= 4 is 258 Å². The molecular weight excluding hydrogens is 1710 g/mol. The molecule has 0 unspecified atom stereocenters. The number of fused-ring (bicyclic) bond motifs is 39. The molecule has 12 nitrogen and oxygen atoms in total. The highest BCUT2D eigenvalue weighted by Gasteiger charge is 2.29. The summed E-state index contributed by atoms with van der Waals surface area (Å²) in [6.45, 7) is 0. The first-order chi connectivity index (χ1) is 66.8. The lowest BCUT2D eigenvalue weighted by atomic mass is 9.99. The predicted molar refractivity (Wildman–Crippen MR) is 569 cm³/mol. The Morgan fingerprint density at radius 3 is 0.896 bits per heavy atom. The zero-order valence-electron chi connectivity index (χ0n) is 71.8. The van der Waals surface area contributed by atoms with E-state index >= 15 is 0 Å². The van der Waals surface area contributed by atoms with Crippen molar-refractivity contribution < 1.29 is 0 Å². The molecule has 0 saturated carbocycles. The summed E-state index contributed by atoms with van der Waals surface area (Å²) in [5.74, 6) is 2.40. The number of hydrogen-bond acceptors (Lipinski definition) is 9. The molecule has 0 radical (unpaired) electrons. The van der Waals surface area contributed by atoms with Crippen LogP contribution in [0.25, 0.3) is 258 Å². The SMILES string of the molecule is O=c1c2ccc(-n3c4ccccc4c4c5ccccc5c5c6ccccc6sc5c43)nc2c2ccccc2n1-c1ccccc1.O=c1c2ccccc2c2cnc(-n3c4ccccc4c4c5ccccc5c5c6ccccc6sc5c43)cc2n1-c1ccccc1.O=c1c2ccccc2c2nc(-n3c4ccccc4c4c5ccccc5c5c6ccccc6sc5c43)ccc2n1-c1ccccc1. The maximum Gasteiger partial charge on any atom is 0.265 e. The first kappa shape index (κ1) is 76.5. The average Bonchev–Trinajstić information content (AvgIpc) is 1.54.